The Bertz CT molecular complexity index is 924. The van der Waals surface area contributed by atoms with Gasteiger partial charge in [-0.05, 0) is 38.4 Å². The summed E-state index contributed by atoms with van der Waals surface area (Å²) >= 11 is 0. The van der Waals surface area contributed by atoms with Crippen molar-refractivity contribution in [2.45, 2.75) is 0 Å². The maximum absolute atomic E-state index is 12.9. The molecule has 1 heterocycles. The smallest absolute Gasteiger partial charge is 0.293 e. The average molecular weight is 411 g/mol. The maximum Gasteiger partial charge on any atom is 0.293 e. The summed E-state index contributed by atoms with van der Waals surface area (Å²) < 4.78 is 0. The second kappa shape index (κ2) is 9.36. The van der Waals surface area contributed by atoms with E-state index < -0.39 is 4.92 Å². The molecule has 0 radical (unpaired) electrons. The van der Waals surface area contributed by atoms with E-state index in [0.29, 0.717) is 38.4 Å². The molecule has 0 atom stereocenters. The largest absolute Gasteiger partial charge is 0.350 e. The molecule has 2 aromatic carbocycles. The number of piperazine rings is 1. The first kappa shape index (κ1) is 21.3. The maximum atomic E-state index is 12.9. The molecule has 1 fully saturated rings. The molecule has 0 aliphatic carbocycles. The lowest BCUT2D eigenvalue weighted by Gasteiger charge is -2.35. The quantitative estimate of drug-likeness (QED) is 0.578. The molecular formula is C21H25N5O4. The van der Waals surface area contributed by atoms with Crippen molar-refractivity contribution in [1.29, 1.82) is 0 Å². The number of nitro groups is 1. The SMILES string of the molecule is CN(C)CC(=O)N1CCN(C(=O)c2ccc(Nc3ccccc3)c([N+](=O)[O-])c2)CC1. The van der Waals surface area contributed by atoms with E-state index in [2.05, 4.69) is 5.32 Å². The van der Waals surface area contributed by atoms with Gasteiger partial charge in [0.15, 0.2) is 0 Å². The van der Waals surface area contributed by atoms with Gasteiger partial charge in [-0.1, -0.05) is 18.2 Å². The van der Waals surface area contributed by atoms with Crippen LogP contribution >= 0.6 is 0 Å². The summed E-state index contributed by atoms with van der Waals surface area (Å²) in [6, 6.07) is 13.6. The van der Waals surface area contributed by atoms with Crippen LogP contribution in [-0.4, -0.2) is 78.3 Å². The number of para-hydroxylation sites is 1. The summed E-state index contributed by atoms with van der Waals surface area (Å²) in [7, 11) is 3.67. The van der Waals surface area contributed by atoms with Gasteiger partial charge >= 0.3 is 0 Å². The molecule has 30 heavy (non-hydrogen) atoms. The number of likely N-dealkylation sites (N-methyl/N-ethyl adjacent to an activating group) is 1. The van der Waals surface area contributed by atoms with Crippen molar-refractivity contribution >= 4 is 28.9 Å². The third-order valence-corrected chi connectivity index (χ3v) is 4.87. The van der Waals surface area contributed by atoms with E-state index >= 15 is 0 Å². The van der Waals surface area contributed by atoms with Crippen LogP contribution < -0.4 is 5.32 Å². The van der Waals surface area contributed by atoms with E-state index in [9.17, 15) is 19.7 Å². The lowest BCUT2D eigenvalue weighted by molar-refractivity contribution is -0.383. The predicted molar refractivity (Wildman–Crippen MR) is 114 cm³/mol. The van der Waals surface area contributed by atoms with Crippen molar-refractivity contribution in [3.63, 3.8) is 0 Å². The van der Waals surface area contributed by atoms with Crippen molar-refractivity contribution in [3.05, 3.63) is 64.2 Å². The van der Waals surface area contributed by atoms with E-state index in [0.717, 1.165) is 5.69 Å². The van der Waals surface area contributed by atoms with Gasteiger partial charge in [0.25, 0.3) is 11.6 Å². The van der Waals surface area contributed by atoms with Gasteiger partial charge in [-0.25, -0.2) is 0 Å². The Kier molecular flexibility index (Phi) is 6.63. The van der Waals surface area contributed by atoms with Crippen LogP contribution in [-0.2, 0) is 4.79 Å². The number of carbonyl (C=O) groups is 2. The zero-order valence-electron chi connectivity index (χ0n) is 17.1. The topological polar surface area (TPSA) is 99.0 Å². The molecule has 1 saturated heterocycles. The first-order valence-corrected chi connectivity index (χ1v) is 9.67. The molecule has 1 N–H and O–H groups in total. The molecule has 0 spiro atoms. The van der Waals surface area contributed by atoms with Crippen LogP contribution in [0.1, 0.15) is 10.4 Å². The Balaban J connectivity index is 1.70. The molecule has 9 nitrogen and oxygen atoms in total. The Morgan fingerprint density at radius 2 is 1.67 bits per heavy atom. The number of nitrogens with zero attached hydrogens (tertiary/aromatic N) is 4. The Morgan fingerprint density at radius 3 is 2.27 bits per heavy atom. The molecular weight excluding hydrogens is 386 g/mol. The predicted octanol–water partition coefficient (Wildman–Crippen LogP) is 2.18. The lowest BCUT2D eigenvalue weighted by atomic mass is 10.1. The highest BCUT2D eigenvalue weighted by Crippen LogP contribution is 2.29. The molecule has 0 unspecified atom stereocenters. The Hall–Kier alpha value is -3.46. The average Bonchev–Trinajstić information content (AvgIpc) is 2.73. The number of benzene rings is 2. The molecule has 1 aliphatic rings. The summed E-state index contributed by atoms with van der Waals surface area (Å²) in [5.41, 5.74) is 1.14. The van der Waals surface area contributed by atoms with Gasteiger partial charge < -0.3 is 20.0 Å². The number of carbonyl (C=O) groups excluding carboxylic acids is 2. The monoisotopic (exact) mass is 411 g/mol. The fraction of sp³-hybridized carbons (Fsp3) is 0.333. The van der Waals surface area contributed by atoms with Crippen LogP contribution in [0.15, 0.2) is 48.5 Å². The Morgan fingerprint density at radius 1 is 1.03 bits per heavy atom. The van der Waals surface area contributed by atoms with Gasteiger partial charge in [-0.2, -0.15) is 0 Å². The molecule has 0 bridgehead atoms. The fourth-order valence-corrected chi connectivity index (χ4v) is 3.31. The number of nitrogens with one attached hydrogen (secondary N) is 1. The minimum absolute atomic E-state index is 0.0269. The van der Waals surface area contributed by atoms with Gasteiger partial charge in [0.2, 0.25) is 5.91 Å². The van der Waals surface area contributed by atoms with Gasteiger partial charge in [-0.15, -0.1) is 0 Å². The van der Waals surface area contributed by atoms with Gasteiger partial charge in [0.1, 0.15) is 5.69 Å². The van der Waals surface area contributed by atoms with Crippen molar-refractivity contribution in [1.82, 2.24) is 14.7 Å². The van der Waals surface area contributed by atoms with E-state index in [-0.39, 0.29) is 23.1 Å². The first-order valence-electron chi connectivity index (χ1n) is 9.67. The van der Waals surface area contributed by atoms with E-state index in [1.54, 1.807) is 34.1 Å². The molecule has 1 aliphatic heterocycles. The van der Waals surface area contributed by atoms with E-state index in [4.69, 9.17) is 0 Å². The van der Waals surface area contributed by atoms with Crippen molar-refractivity contribution < 1.29 is 14.5 Å². The molecule has 2 aromatic rings. The number of amides is 2. The van der Waals surface area contributed by atoms with Crippen LogP contribution in [0, 0.1) is 10.1 Å². The number of hydrogen-bond acceptors (Lipinski definition) is 6. The number of rotatable bonds is 6. The normalized spacial score (nSPS) is 14.0. The standard InChI is InChI=1S/C21H25N5O4/c1-23(2)15-20(27)24-10-12-25(13-11-24)21(28)16-8-9-18(19(14-16)26(29)30)22-17-6-4-3-5-7-17/h3-9,14,22H,10-13,15H2,1-2H3. The third-order valence-electron chi connectivity index (χ3n) is 4.87. The fourth-order valence-electron chi connectivity index (χ4n) is 3.31. The molecule has 2 amide bonds. The van der Waals surface area contributed by atoms with Crippen LogP contribution in [0.3, 0.4) is 0 Å². The van der Waals surface area contributed by atoms with E-state index in [1.165, 1.54) is 6.07 Å². The first-order chi connectivity index (χ1) is 14.3. The summed E-state index contributed by atoms with van der Waals surface area (Å²) in [6.45, 7) is 2.03. The number of anilines is 2. The van der Waals surface area contributed by atoms with Gasteiger partial charge in [0, 0.05) is 43.5 Å². The van der Waals surface area contributed by atoms with Crippen LogP contribution in [0.5, 0.6) is 0 Å². The second-order valence-corrected chi connectivity index (χ2v) is 7.39. The summed E-state index contributed by atoms with van der Waals surface area (Å²) in [5.74, 6) is -0.247. The second-order valence-electron chi connectivity index (χ2n) is 7.39. The van der Waals surface area contributed by atoms with Crippen molar-refractivity contribution in [3.8, 4) is 0 Å². The molecule has 9 heteroatoms. The lowest BCUT2D eigenvalue weighted by Crippen LogP contribution is -2.52. The molecule has 0 aromatic heterocycles. The van der Waals surface area contributed by atoms with Crippen LogP contribution in [0.25, 0.3) is 0 Å². The minimum atomic E-state index is -0.500. The number of nitro benzene ring substituents is 1. The molecule has 158 valence electrons. The zero-order chi connectivity index (χ0) is 21.7. The van der Waals surface area contributed by atoms with Crippen LogP contribution in [0.2, 0.25) is 0 Å². The zero-order valence-corrected chi connectivity index (χ0v) is 17.1. The summed E-state index contributed by atoms with van der Waals surface area (Å²) in [4.78, 5) is 41.3. The minimum Gasteiger partial charge on any atom is -0.350 e. The highest BCUT2D eigenvalue weighted by molar-refractivity contribution is 5.96. The molecule has 0 saturated carbocycles. The highest BCUT2D eigenvalue weighted by Gasteiger charge is 2.26. The Labute approximate surface area is 175 Å². The summed E-state index contributed by atoms with van der Waals surface area (Å²) in [6.07, 6.45) is 0. The van der Waals surface area contributed by atoms with Gasteiger partial charge in [0.05, 0.1) is 11.5 Å². The van der Waals surface area contributed by atoms with E-state index in [1.807, 2.05) is 37.2 Å². The van der Waals surface area contributed by atoms with Gasteiger partial charge in [-0.3, -0.25) is 19.7 Å². The summed E-state index contributed by atoms with van der Waals surface area (Å²) in [5, 5.41) is 14.6. The third kappa shape index (κ3) is 5.12. The number of hydrogen-bond donors (Lipinski definition) is 1. The molecule has 3 rings (SSSR count). The highest BCUT2D eigenvalue weighted by atomic mass is 16.6. The van der Waals surface area contributed by atoms with Crippen molar-refractivity contribution in [2.24, 2.45) is 0 Å². The van der Waals surface area contributed by atoms with Crippen molar-refractivity contribution in [2.75, 3.05) is 52.1 Å². The van der Waals surface area contributed by atoms with Crippen LogP contribution in [0.4, 0.5) is 17.1 Å².